The molecule has 0 atom stereocenters. The highest BCUT2D eigenvalue weighted by Crippen LogP contribution is 2.06. The summed E-state index contributed by atoms with van der Waals surface area (Å²) in [4.78, 5) is 23.6. The topological polar surface area (TPSA) is 46.6 Å². The summed E-state index contributed by atoms with van der Waals surface area (Å²) >= 11 is 0. The van der Waals surface area contributed by atoms with Gasteiger partial charge in [0.25, 0.3) is 5.91 Å². The van der Waals surface area contributed by atoms with Crippen LogP contribution in [0.3, 0.4) is 0 Å². The minimum atomic E-state index is -0.323. The van der Waals surface area contributed by atoms with Gasteiger partial charge in [-0.25, -0.2) is 0 Å². The SMILES string of the molecule is CCOCCCN1CCC(=O)C1=O. The molecule has 0 unspecified atom stereocenters. The summed E-state index contributed by atoms with van der Waals surface area (Å²) in [6.07, 6.45) is 1.19. The highest BCUT2D eigenvalue weighted by molar-refractivity contribution is 6.37. The molecular weight excluding hydrogens is 170 g/mol. The van der Waals surface area contributed by atoms with E-state index in [-0.39, 0.29) is 11.7 Å². The molecule has 4 nitrogen and oxygen atoms in total. The van der Waals surface area contributed by atoms with Gasteiger partial charge in [0.15, 0.2) is 0 Å². The molecule has 13 heavy (non-hydrogen) atoms. The molecule has 1 heterocycles. The van der Waals surface area contributed by atoms with Crippen LogP contribution in [0, 0.1) is 0 Å². The fraction of sp³-hybridized carbons (Fsp3) is 0.778. The molecule has 1 fully saturated rings. The number of Topliss-reactive ketones (excluding diaryl/α,β-unsaturated/α-hetero) is 1. The summed E-state index contributed by atoms with van der Waals surface area (Å²) in [6, 6.07) is 0. The van der Waals surface area contributed by atoms with Gasteiger partial charge in [-0.15, -0.1) is 0 Å². The van der Waals surface area contributed by atoms with Gasteiger partial charge < -0.3 is 9.64 Å². The molecule has 0 saturated carbocycles. The first kappa shape index (κ1) is 10.2. The molecule has 0 N–H and O–H groups in total. The number of carbonyl (C=O) groups is 2. The molecule has 0 aromatic carbocycles. The van der Waals surface area contributed by atoms with Crippen molar-refractivity contribution in [2.24, 2.45) is 0 Å². The maximum atomic E-state index is 11.1. The number of likely N-dealkylation sites (tertiary alicyclic amines) is 1. The first-order valence-corrected chi connectivity index (χ1v) is 4.65. The number of hydrogen-bond donors (Lipinski definition) is 0. The van der Waals surface area contributed by atoms with Gasteiger partial charge in [0.2, 0.25) is 5.78 Å². The molecule has 0 aromatic rings. The molecule has 0 aliphatic carbocycles. The summed E-state index contributed by atoms with van der Waals surface area (Å²) in [7, 11) is 0. The van der Waals surface area contributed by atoms with Crippen LogP contribution in [0.25, 0.3) is 0 Å². The van der Waals surface area contributed by atoms with E-state index in [2.05, 4.69) is 0 Å². The molecule has 1 aliphatic heterocycles. The summed E-state index contributed by atoms with van der Waals surface area (Å²) in [5.74, 6) is -0.576. The van der Waals surface area contributed by atoms with Crippen molar-refractivity contribution in [3.05, 3.63) is 0 Å². The Morgan fingerprint density at radius 2 is 2.23 bits per heavy atom. The lowest BCUT2D eigenvalue weighted by atomic mass is 10.3. The third-order valence-corrected chi connectivity index (χ3v) is 2.06. The van der Waals surface area contributed by atoms with Crippen molar-refractivity contribution >= 4 is 11.7 Å². The van der Waals surface area contributed by atoms with Crippen molar-refractivity contribution in [2.45, 2.75) is 19.8 Å². The lowest BCUT2D eigenvalue weighted by Gasteiger charge is -2.13. The Hall–Kier alpha value is -0.900. The molecule has 74 valence electrons. The molecule has 1 aliphatic rings. The zero-order valence-electron chi connectivity index (χ0n) is 7.91. The van der Waals surface area contributed by atoms with Crippen LogP contribution in [0.15, 0.2) is 0 Å². The van der Waals surface area contributed by atoms with Crippen LogP contribution in [0.5, 0.6) is 0 Å². The molecular formula is C9H15NO3. The largest absolute Gasteiger partial charge is 0.382 e. The predicted octanol–water partition coefficient (Wildman–Crippen LogP) is 0.214. The van der Waals surface area contributed by atoms with E-state index in [1.165, 1.54) is 0 Å². The Morgan fingerprint density at radius 1 is 1.46 bits per heavy atom. The van der Waals surface area contributed by atoms with Crippen LogP contribution in [0.1, 0.15) is 19.8 Å². The van der Waals surface area contributed by atoms with Crippen molar-refractivity contribution in [2.75, 3.05) is 26.3 Å². The molecule has 0 radical (unpaired) electrons. The highest BCUT2D eigenvalue weighted by Gasteiger charge is 2.28. The van der Waals surface area contributed by atoms with Crippen LogP contribution < -0.4 is 0 Å². The minimum Gasteiger partial charge on any atom is -0.382 e. The van der Waals surface area contributed by atoms with Crippen molar-refractivity contribution in [1.82, 2.24) is 4.90 Å². The smallest absolute Gasteiger partial charge is 0.290 e. The summed E-state index contributed by atoms with van der Waals surface area (Å²) < 4.78 is 5.13. The molecule has 1 rings (SSSR count). The molecule has 0 spiro atoms. The van der Waals surface area contributed by atoms with E-state index in [4.69, 9.17) is 4.74 Å². The number of hydrogen-bond acceptors (Lipinski definition) is 3. The van der Waals surface area contributed by atoms with Crippen molar-refractivity contribution in [3.8, 4) is 0 Å². The molecule has 4 heteroatoms. The number of nitrogens with zero attached hydrogens (tertiary/aromatic N) is 1. The average molecular weight is 185 g/mol. The average Bonchev–Trinajstić information content (AvgIpc) is 2.43. The van der Waals surface area contributed by atoms with E-state index in [0.29, 0.717) is 32.7 Å². The lowest BCUT2D eigenvalue weighted by molar-refractivity contribution is -0.140. The first-order valence-electron chi connectivity index (χ1n) is 4.65. The quantitative estimate of drug-likeness (QED) is 0.454. The number of rotatable bonds is 5. The van der Waals surface area contributed by atoms with Crippen LogP contribution in [-0.4, -0.2) is 42.9 Å². The predicted molar refractivity (Wildman–Crippen MR) is 47.3 cm³/mol. The van der Waals surface area contributed by atoms with Gasteiger partial charge in [0.05, 0.1) is 0 Å². The van der Waals surface area contributed by atoms with Crippen molar-refractivity contribution < 1.29 is 14.3 Å². The van der Waals surface area contributed by atoms with Crippen LogP contribution in [0.2, 0.25) is 0 Å². The Bertz CT molecular complexity index is 203. The van der Waals surface area contributed by atoms with Gasteiger partial charge in [-0.2, -0.15) is 0 Å². The number of ketones is 1. The van der Waals surface area contributed by atoms with Gasteiger partial charge in [0.1, 0.15) is 0 Å². The first-order chi connectivity index (χ1) is 6.25. The third kappa shape index (κ3) is 2.81. The molecule has 1 amide bonds. The number of amides is 1. The fourth-order valence-electron chi connectivity index (χ4n) is 1.34. The van der Waals surface area contributed by atoms with Crippen molar-refractivity contribution in [3.63, 3.8) is 0 Å². The Balaban J connectivity index is 2.15. The second-order valence-corrected chi connectivity index (χ2v) is 3.02. The van der Waals surface area contributed by atoms with Crippen LogP contribution >= 0.6 is 0 Å². The second kappa shape index (κ2) is 4.97. The minimum absolute atomic E-state index is 0.253. The van der Waals surface area contributed by atoms with Gasteiger partial charge >= 0.3 is 0 Å². The normalized spacial score (nSPS) is 17.2. The molecule has 1 saturated heterocycles. The maximum absolute atomic E-state index is 11.1. The maximum Gasteiger partial charge on any atom is 0.290 e. The number of ether oxygens (including phenoxy) is 1. The second-order valence-electron chi connectivity index (χ2n) is 3.02. The van der Waals surface area contributed by atoms with Gasteiger partial charge in [-0.1, -0.05) is 0 Å². The van der Waals surface area contributed by atoms with E-state index in [1.54, 1.807) is 4.90 Å². The van der Waals surface area contributed by atoms with E-state index in [9.17, 15) is 9.59 Å². The van der Waals surface area contributed by atoms with Gasteiger partial charge in [0, 0.05) is 32.7 Å². The Morgan fingerprint density at radius 3 is 2.77 bits per heavy atom. The fourth-order valence-corrected chi connectivity index (χ4v) is 1.34. The third-order valence-electron chi connectivity index (χ3n) is 2.06. The summed E-state index contributed by atoms with van der Waals surface area (Å²) in [5.41, 5.74) is 0. The molecule has 0 bridgehead atoms. The highest BCUT2D eigenvalue weighted by atomic mass is 16.5. The van der Waals surface area contributed by atoms with E-state index in [0.717, 1.165) is 6.42 Å². The van der Waals surface area contributed by atoms with Gasteiger partial charge in [-0.3, -0.25) is 9.59 Å². The lowest BCUT2D eigenvalue weighted by Crippen LogP contribution is -2.29. The number of carbonyl (C=O) groups excluding carboxylic acids is 2. The molecule has 0 aromatic heterocycles. The van der Waals surface area contributed by atoms with E-state index < -0.39 is 0 Å². The zero-order chi connectivity index (χ0) is 9.68. The van der Waals surface area contributed by atoms with E-state index >= 15 is 0 Å². The summed E-state index contributed by atoms with van der Waals surface area (Å²) in [5, 5.41) is 0. The Kier molecular flexibility index (Phi) is 3.89. The van der Waals surface area contributed by atoms with Crippen LogP contribution in [-0.2, 0) is 14.3 Å². The van der Waals surface area contributed by atoms with E-state index in [1.807, 2.05) is 6.92 Å². The Labute approximate surface area is 77.8 Å². The standard InChI is InChI=1S/C9H15NO3/c1-2-13-7-3-5-10-6-4-8(11)9(10)12/h2-7H2,1H3. The zero-order valence-corrected chi connectivity index (χ0v) is 7.91. The van der Waals surface area contributed by atoms with Crippen molar-refractivity contribution in [1.29, 1.82) is 0 Å². The summed E-state index contributed by atoms with van der Waals surface area (Å²) in [6.45, 7) is 4.53. The van der Waals surface area contributed by atoms with Gasteiger partial charge in [-0.05, 0) is 13.3 Å². The van der Waals surface area contributed by atoms with Crippen LogP contribution in [0.4, 0.5) is 0 Å². The monoisotopic (exact) mass is 185 g/mol.